The topological polar surface area (TPSA) is 77.0 Å². The van der Waals surface area contributed by atoms with Crippen LogP contribution in [0, 0.1) is 0 Å². The Morgan fingerprint density at radius 3 is 1.84 bits per heavy atom. The van der Waals surface area contributed by atoms with E-state index in [1.807, 2.05) is 105 Å². The first-order chi connectivity index (χ1) is 17.4. The molecule has 0 fully saturated rings. The molecule has 0 aromatic heterocycles. The summed E-state index contributed by atoms with van der Waals surface area (Å²) in [6.45, 7) is 10.8. The van der Waals surface area contributed by atoms with Crippen molar-refractivity contribution in [1.82, 2.24) is 5.32 Å². The van der Waals surface area contributed by atoms with Crippen LogP contribution in [0.5, 0.6) is 0 Å². The number of amides is 1. The Hall–Kier alpha value is -3.32. The van der Waals surface area contributed by atoms with Crippen LogP contribution >= 0.6 is 11.8 Å². The largest absolute Gasteiger partial charge is 0.458 e. The molecule has 1 unspecified atom stereocenters. The monoisotopic (exact) mass is 520 g/mol. The van der Waals surface area contributed by atoms with E-state index in [2.05, 4.69) is 5.32 Å². The minimum Gasteiger partial charge on any atom is -0.458 e. The lowest BCUT2D eigenvalue weighted by atomic mass is 9.99. The summed E-state index contributed by atoms with van der Waals surface area (Å²) >= 11 is 1.50. The van der Waals surface area contributed by atoms with Crippen LogP contribution in [0.15, 0.2) is 89.3 Å². The normalized spacial score (nSPS) is 16.9. The number of rotatable bonds is 7. The van der Waals surface area contributed by atoms with E-state index in [-0.39, 0.29) is 5.25 Å². The molecule has 1 heterocycles. The first-order valence-electron chi connectivity index (χ1n) is 12.3. The highest BCUT2D eigenvalue weighted by Crippen LogP contribution is 2.27. The number of benzene rings is 2. The molecule has 1 aliphatic heterocycles. The lowest BCUT2D eigenvalue weighted by molar-refractivity contribution is -0.157. The van der Waals surface area contributed by atoms with E-state index in [0.717, 1.165) is 11.1 Å². The average Bonchev–Trinajstić information content (AvgIpc) is 2.83. The van der Waals surface area contributed by atoms with Gasteiger partial charge >= 0.3 is 12.1 Å². The molecule has 6 nitrogen and oxygen atoms in total. The van der Waals surface area contributed by atoms with E-state index in [9.17, 15) is 9.59 Å². The number of carbonyl (C=O) groups excluding carboxylic acids is 2. The molecule has 0 saturated carbocycles. The van der Waals surface area contributed by atoms with Crippen molar-refractivity contribution in [3.63, 3.8) is 0 Å². The van der Waals surface area contributed by atoms with Crippen LogP contribution in [0.1, 0.15) is 52.7 Å². The smallest absolute Gasteiger partial charge is 0.408 e. The van der Waals surface area contributed by atoms with E-state index in [4.69, 9.17) is 14.5 Å². The second-order valence-corrected chi connectivity index (χ2v) is 11.8. The molecule has 196 valence electrons. The first kappa shape index (κ1) is 28.3. The molecule has 3 atom stereocenters. The maximum atomic E-state index is 13.7. The quantitative estimate of drug-likeness (QED) is 0.342. The summed E-state index contributed by atoms with van der Waals surface area (Å²) in [5.74, 6) is -0.526. The summed E-state index contributed by atoms with van der Waals surface area (Å²) < 4.78 is 11.4. The second kappa shape index (κ2) is 12.3. The maximum absolute atomic E-state index is 13.7. The zero-order valence-electron chi connectivity index (χ0n) is 22.3. The summed E-state index contributed by atoms with van der Waals surface area (Å²) in [5.41, 5.74) is 0.896. The molecule has 0 bridgehead atoms. The Morgan fingerprint density at radius 1 is 0.838 bits per heavy atom. The number of aliphatic imine (C=N–C) groups is 1. The van der Waals surface area contributed by atoms with Gasteiger partial charge < -0.3 is 14.8 Å². The molecule has 1 N–H and O–H groups in total. The fraction of sp³-hybridized carbons (Fsp3) is 0.367. The van der Waals surface area contributed by atoms with Gasteiger partial charge in [-0.1, -0.05) is 78.9 Å². The van der Waals surface area contributed by atoms with Crippen LogP contribution in [0.4, 0.5) is 4.79 Å². The van der Waals surface area contributed by atoms with E-state index in [1.54, 1.807) is 20.8 Å². The van der Waals surface area contributed by atoms with Crippen LogP contribution in [0.2, 0.25) is 0 Å². The van der Waals surface area contributed by atoms with E-state index in [1.165, 1.54) is 11.8 Å². The van der Waals surface area contributed by atoms with Gasteiger partial charge in [-0.05, 0) is 47.0 Å². The Kier molecular flexibility index (Phi) is 9.38. The first-order valence-corrected chi connectivity index (χ1v) is 13.3. The molecule has 1 aliphatic rings. The standard InChI is InChI=1S/C30H36N2O4S/c1-29(2,3)35-27(33)26(25(23-19-13-14-20-37-23)32-28(34)36-30(4,5)6)31-24(21-15-9-7-10-16-21)22-17-11-8-12-18-22/h7-20,23,25-26H,1-6H3,(H,32,34)/t23?,25-,26+/m1/s1. The van der Waals surface area contributed by atoms with Gasteiger partial charge in [0.15, 0.2) is 6.04 Å². The van der Waals surface area contributed by atoms with Crippen molar-refractivity contribution in [1.29, 1.82) is 0 Å². The van der Waals surface area contributed by atoms with Gasteiger partial charge in [0.05, 0.1) is 17.0 Å². The van der Waals surface area contributed by atoms with Gasteiger partial charge in [-0.15, -0.1) is 11.8 Å². The predicted molar refractivity (Wildman–Crippen MR) is 151 cm³/mol. The molecule has 0 spiro atoms. The number of allylic oxidation sites excluding steroid dienone is 2. The number of hydrogen-bond donors (Lipinski definition) is 1. The van der Waals surface area contributed by atoms with Crippen LogP contribution < -0.4 is 5.32 Å². The van der Waals surface area contributed by atoms with Crippen molar-refractivity contribution in [3.8, 4) is 0 Å². The van der Waals surface area contributed by atoms with Gasteiger partial charge in [0.2, 0.25) is 0 Å². The summed E-state index contributed by atoms with van der Waals surface area (Å²) in [5, 5.41) is 4.60. The minimum absolute atomic E-state index is 0.272. The third-order valence-corrected chi connectivity index (χ3v) is 6.19. The molecule has 37 heavy (non-hydrogen) atoms. The van der Waals surface area contributed by atoms with Gasteiger partial charge in [-0.25, -0.2) is 9.59 Å². The highest BCUT2D eigenvalue weighted by atomic mass is 32.2. The second-order valence-electron chi connectivity index (χ2n) is 10.7. The molecule has 7 heteroatoms. The highest BCUT2D eigenvalue weighted by molar-refractivity contribution is 8.03. The number of nitrogens with one attached hydrogen (secondary N) is 1. The van der Waals surface area contributed by atoms with Crippen molar-refractivity contribution in [2.75, 3.05) is 0 Å². The van der Waals surface area contributed by atoms with Gasteiger partial charge in [0, 0.05) is 11.1 Å². The van der Waals surface area contributed by atoms with Gasteiger partial charge in [0.25, 0.3) is 0 Å². The average molecular weight is 521 g/mol. The fourth-order valence-electron chi connectivity index (χ4n) is 3.68. The van der Waals surface area contributed by atoms with Crippen molar-refractivity contribution < 1.29 is 19.1 Å². The lowest BCUT2D eigenvalue weighted by Gasteiger charge is -2.32. The van der Waals surface area contributed by atoms with Crippen LogP contribution in [-0.4, -0.2) is 46.3 Å². The third-order valence-electron chi connectivity index (χ3n) is 5.11. The molecule has 2 aromatic carbocycles. The van der Waals surface area contributed by atoms with Gasteiger partial charge in [-0.2, -0.15) is 0 Å². The molecular weight excluding hydrogens is 484 g/mol. The summed E-state index contributed by atoms with van der Waals surface area (Å²) in [6, 6.07) is 17.6. The number of hydrogen-bond acceptors (Lipinski definition) is 6. The van der Waals surface area contributed by atoms with Crippen LogP contribution in [0.25, 0.3) is 0 Å². The third kappa shape index (κ3) is 8.93. The minimum atomic E-state index is -1.05. The number of nitrogens with zero attached hydrogens (tertiary/aromatic N) is 1. The highest BCUT2D eigenvalue weighted by Gasteiger charge is 2.39. The molecule has 2 aromatic rings. The van der Waals surface area contributed by atoms with Crippen molar-refractivity contribution in [2.45, 2.75) is 70.1 Å². The summed E-state index contributed by atoms with van der Waals surface area (Å²) in [7, 11) is 0. The van der Waals surface area contributed by atoms with Crippen LogP contribution in [-0.2, 0) is 14.3 Å². The van der Waals surface area contributed by atoms with Crippen molar-refractivity contribution in [2.24, 2.45) is 4.99 Å². The molecule has 0 radical (unpaired) electrons. The van der Waals surface area contributed by atoms with E-state index in [0.29, 0.717) is 5.71 Å². The van der Waals surface area contributed by atoms with E-state index < -0.39 is 35.3 Å². The van der Waals surface area contributed by atoms with Gasteiger partial charge in [-0.3, -0.25) is 4.99 Å². The number of ether oxygens (including phenoxy) is 2. The van der Waals surface area contributed by atoms with Crippen molar-refractivity contribution in [3.05, 3.63) is 95.4 Å². The number of carbonyl (C=O) groups is 2. The van der Waals surface area contributed by atoms with Crippen LogP contribution in [0.3, 0.4) is 0 Å². The number of alkyl carbamates (subject to hydrolysis) is 1. The fourth-order valence-corrected chi connectivity index (χ4v) is 4.61. The predicted octanol–water partition coefficient (Wildman–Crippen LogP) is 6.31. The summed E-state index contributed by atoms with van der Waals surface area (Å²) in [4.78, 5) is 31.7. The van der Waals surface area contributed by atoms with Crippen molar-refractivity contribution >= 4 is 29.5 Å². The molecule has 0 aliphatic carbocycles. The Balaban J connectivity index is 2.15. The Morgan fingerprint density at radius 2 is 1.38 bits per heavy atom. The molecule has 0 saturated heterocycles. The Bertz CT molecular complexity index is 1100. The number of esters is 1. The zero-order valence-corrected chi connectivity index (χ0v) is 23.1. The summed E-state index contributed by atoms with van der Waals surface area (Å²) in [6.07, 6.45) is 5.14. The zero-order chi connectivity index (χ0) is 27.1. The van der Waals surface area contributed by atoms with Gasteiger partial charge in [0.1, 0.15) is 11.2 Å². The maximum Gasteiger partial charge on any atom is 0.408 e. The van der Waals surface area contributed by atoms with E-state index >= 15 is 0 Å². The SMILES string of the molecule is CC(C)(C)OC(=O)N[C@H](C1C=CC=CS1)[C@H](N=C(c1ccccc1)c1ccccc1)C(=O)OC(C)(C)C. The Labute approximate surface area is 224 Å². The number of thioether (sulfide) groups is 1. The molecule has 3 rings (SSSR count). The molecular formula is C30H36N2O4S. The molecule has 1 amide bonds. The lowest BCUT2D eigenvalue weighted by Crippen LogP contribution is -2.54.